The maximum Gasteiger partial charge on any atom is 0.0463 e. The van der Waals surface area contributed by atoms with Crippen LogP contribution in [0, 0.1) is 0 Å². The molecule has 0 unspecified atom stereocenters. The summed E-state index contributed by atoms with van der Waals surface area (Å²) in [4.78, 5) is 4.65. The molecule has 0 saturated carbocycles. The molecule has 11 aromatic rings. The van der Waals surface area contributed by atoms with E-state index in [1.807, 2.05) is 11.3 Å². The predicted octanol–water partition coefficient (Wildman–Crippen LogP) is 16.6. The lowest BCUT2D eigenvalue weighted by atomic mass is 9.96. The Morgan fingerprint density at radius 2 is 0.661 bits per heavy atom. The summed E-state index contributed by atoms with van der Waals surface area (Å²) in [6.07, 6.45) is 0. The molecule has 59 heavy (non-hydrogen) atoms. The third-order valence-corrected chi connectivity index (χ3v) is 12.6. The summed E-state index contributed by atoms with van der Waals surface area (Å²) in [5.41, 5.74) is 11.4. The molecule has 0 radical (unpaired) electrons. The summed E-state index contributed by atoms with van der Waals surface area (Å²) >= 11 is 1.88. The summed E-state index contributed by atoms with van der Waals surface area (Å²) in [5.74, 6) is 0. The highest BCUT2D eigenvalue weighted by Gasteiger charge is 2.17. The lowest BCUT2D eigenvalue weighted by Crippen LogP contribution is -2.12. The van der Waals surface area contributed by atoms with E-state index >= 15 is 0 Å². The van der Waals surface area contributed by atoms with E-state index in [1.165, 1.54) is 64.0 Å². The Morgan fingerprint density at radius 3 is 1.24 bits per heavy atom. The number of hydrogen-bond donors (Lipinski definition) is 0. The van der Waals surface area contributed by atoms with E-state index in [0.29, 0.717) is 0 Å². The molecule has 0 fully saturated rings. The molecule has 0 aliphatic carbocycles. The molecule has 0 saturated heterocycles. The first-order chi connectivity index (χ1) is 29.2. The average molecular weight is 771 g/mol. The number of para-hydroxylation sites is 2. The van der Waals surface area contributed by atoms with E-state index < -0.39 is 0 Å². The first-order valence-electron chi connectivity index (χ1n) is 20.1. The van der Waals surface area contributed by atoms with E-state index in [2.05, 4.69) is 240 Å². The number of thiophene rings is 1. The van der Waals surface area contributed by atoms with E-state index in [1.54, 1.807) is 0 Å². The van der Waals surface area contributed by atoms with Gasteiger partial charge in [-0.15, -0.1) is 11.3 Å². The van der Waals surface area contributed by atoms with Gasteiger partial charge in [-0.1, -0.05) is 133 Å². The first-order valence-corrected chi connectivity index (χ1v) is 20.9. The number of benzene rings is 10. The third kappa shape index (κ3) is 6.48. The van der Waals surface area contributed by atoms with Crippen molar-refractivity contribution in [2.75, 3.05) is 9.80 Å². The molecule has 0 spiro atoms. The maximum atomic E-state index is 2.39. The highest BCUT2D eigenvalue weighted by molar-refractivity contribution is 7.25. The van der Waals surface area contributed by atoms with Gasteiger partial charge in [0.15, 0.2) is 0 Å². The Balaban J connectivity index is 0.956. The normalized spacial score (nSPS) is 11.4. The van der Waals surface area contributed by atoms with Crippen LogP contribution in [0.15, 0.2) is 231 Å². The van der Waals surface area contributed by atoms with Crippen molar-refractivity contribution in [2.45, 2.75) is 0 Å². The number of fused-ring (bicyclic) bond motifs is 6. The van der Waals surface area contributed by atoms with Crippen molar-refractivity contribution in [3.05, 3.63) is 231 Å². The Hall–Kier alpha value is -7.46. The van der Waals surface area contributed by atoms with E-state index in [0.717, 1.165) is 34.1 Å². The number of nitrogens with zero attached hydrogens (tertiary/aromatic N) is 2. The molecule has 0 aliphatic rings. The molecule has 1 aromatic heterocycles. The molecule has 1 heterocycles. The van der Waals surface area contributed by atoms with Crippen LogP contribution in [0.5, 0.6) is 0 Å². The van der Waals surface area contributed by atoms with Crippen molar-refractivity contribution in [3.8, 4) is 22.3 Å². The zero-order valence-electron chi connectivity index (χ0n) is 32.2. The maximum absolute atomic E-state index is 2.39. The van der Waals surface area contributed by atoms with Crippen LogP contribution in [-0.2, 0) is 0 Å². The summed E-state index contributed by atoms with van der Waals surface area (Å²) in [6, 6.07) is 83.4. The first kappa shape index (κ1) is 34.8. The van der Waals surface area contributed by atoms with Crippen LogP contribution < -0.4 is 9.80 Å². The molecule has 0 amide bonds. The highest BCUT2D eigenvalue weighted by Crippen LogP contribution is 2.42. The molecular weight excluding hydrogens is 733 g/mol. The highest BCUT2D eigenvalue weighted by atomic mass is 32.1. The molecule has 278 valence electrons. The second kappa shape index (κ2) is 14.8. The molecule has 2 nitrogen and oxygen atoms in total. The molecule has 0 aliphatic heterocycles. The Labute approximate surface area is 348 Å². The van der Waals surface area contributed by atoms with Gasteiger partial charge in [0.25, 0.3) is 0 Å². The molecular formula is C56H38N2S. The van der Waals surface area contributed by atoms with Gasteiger partial charge in [0, 0.05) is 54.3 Å². The Bertz CT molecular complexity index is 3190. The van der Waals surface area contributed by atoms with Crippen LogP contribution in [0.2, 0.25) is 0 Å². The monoisotopic (exact) mass is 770 g/mol. The van der Waals surface area contributed by atoms with E-state index in [4.69, 9.17) is 0 Å². The third-order valence-electron chi connectivity index (χ3n) is 11.4. The standard InChI is InChI=1S/C56H38N2S/c1-4-12-39(13-5-1)40-22-27-47(28-23-40)58(50-33-31-49(32-34-50)57(45-14-6-2-7-15-45)46-16-8-3-9-17-46)48-29-24-41(25-30-48)42-26-35-51-43(36-42)20-21-44-37-54-52-18-10-11-19-55(52)59-56(54)38-53(44)51/h1-38H. The van der Waals surface area contributed by atoms with Crippen molar-refractivity contribution in [3.63, 3.8) is 0 Å². The van der Waals surface area contributed by atoms with Gasteiger partial charge in [-0.05, 0) is 141 Å². The summed E-state index contributed by atoms with van der Waals surface area (Å²) < 4.78 is 2.68. The number of hydrogen-bond acceptors (Lipinski definition) is 3. The van der Waals surface area contributed by atoms with Crippen LogP contribution in [-0.4, -0.2) is 0 Å². The Kier molecular flexibility index (Phi) is 8.72. The van der Waals surface area contributed by atoms with Crippen LogP contribution in [0.25, 0.3) is 64.0 Å². The van der Waals surface area contributed by atoms with Gasteiger partial charge in [-0.2, -0.15) is 0 Å². The minimum Gasteiger partial charge on any atom is -0.311 e. The zero-order chi connectivity index (χ0) is 39.1. The van der Waals surface area contributed by atoms with E-state index in [-0.39, 0.29) is 0 Å². The molecule has 11 rings (SSSR count). The van der Waals surface area contributed by atoms with Crippen molar-refractivity contribution in [1.82, 2.24) is 0 Å². The largest absolute Gasteiger partial charge is 0.311 e. The van der Waals surface area contributed by atoms with Crippen molar-refractivity contribution < 1.29 is 0 Å². The molecule has 3 heteroatoms. The fraction of sp³-hybridized carbons (Fsp3) is 0. The molecule has 0 atom stereocenters. The van der Waals surface area contributed by atoms with Gasteiger partial charge >= 0.3 is 0 Å². The SMILES string of the molecule is c1ccc(-c2ccc(N(c3ccc(-c4ccc5c(ccc6cc7c(cc65)sc5ccccc57)c4)cc3)c3ccc(N(c4ccccc4)c4ccccc4)cc3)cc2)cc1. The van der Waals surface area contributed by atoms with Crippen molar-refractivity contribution in [1.29, 1.82) is 0 Å². The summed E-state index contributed by atoms with van der Waals surface area (Å²) in [5, 5.41) is 7.80. The predicted molar refractivity (Wildman–Crippen MR) is 255 cm³/mol. The quantitative estimate of drug-likeness (QED) is 0.142. The van der Waals surface area contributed by atoms with Gasteiger partial charge in [0.1, 0.15) is 0 Å². The zero-order valence-corrected chi connectivity index (χ0v) is 33.1. The summed E-state index contributed by atoms with van der Waals surface area (Å²) in [6.45, 7) is 0. The molecule has 0 bridgehead atoms. The van der Waals surface area contributed by atoms with Gasteiger partial charge < -0.3 is 9.80 Å². The van der Waals surface area contributed by atoms with Gasteiger partial charge in [0.2, 0.25) is 0 Å². The van der Waals surface area contributed by atoms with Gasteiger partial charge in [-0.3, -0.25) is 0 Å². The van der Waals surface area contributed by atoms with Gasteiger partial charge in [0.05, 0.1) is 0 Å². The van der Waals surface area contributed by atoms with Crippen LogP contribution >= 0.6 is 11.3 Å². The lowest BCUT2D eigenvalue weighted by Gasteiger charge is -2.28. The topological polar surface area (TPSA) is 6.48 Å². The molecule has 10 aromatic carbocycles. The van der Waals surface area contributed by atoms with Crippen molar-refractivity contribution in [2.24, 2.45) is 0 Å². The molecule has 0 N–H and O–H groups in total. The van der Waals surface area contributed by atoms with Crippen molar-refractivity contribution >= 4 is 87.2 Å². The van der Waals surface area contributed by atoms with E-state index in [9.17, 15) is 0 Å². The average Bonchev–Trinajstić information content (AvgIpc) is 3.68. The summed E-state index contributed by atoms with van der Waals surface area (Å²) in [7, 11) is 0. The minimum absolute atomic E-state index is 1.08. The Morgan fingerprint density at radius 1 is 0.237 bits per heavy atom. The number of anilines is 6. The fourth-order valence-corrected chi connectivity index (χ4v) is 9.63. The minimum atomic E-state index is 1.08. The van der Waals surface area contributed by atoms with Gasteiger partial charge in [-0.25, -0.2) is 0 Å². The second-order valence-electron chi connectivity index (χ2n) is 15.0. The fourth-order valence-electron chi connectivity index (χ4n) is 8.50. The van der Waals surface area contributed by atoms with Crippen LogP contribution in [0.1, 0.15) is 0 Å². The van der Waals surface area contributed by atoms with Crippen LogP contribution in [0.3, 0.4) is 0 Å². The number of rotatable bonds is 8. The van der Waals surface area contributed by atoms with Crippen LogP contribution in [0.4, 0.5) is 34.1 Å². The smallest absolute Gasteiger partial charge is 0.0463 e. The second-order valence-corrected chi connectivity index (χ2v) is 16.1. The lowest BCUT2D eigenvalue weighted by molar-refractivity contribution is 1.26.